The van der Waals surface area contributed by atoms with Gasteiger partial charge in [0, 0.05) is 10.8 Å². The van der Waals surface area contributed by atoms with Crippen LogP contribution < -0.4 is 10.0 Å². The van der Waals surface area contributed by atoms with Gasteiger partial charge in [-0.3, -0.25) is 4.79 Å². The van der Waals surface area contributed by atoms with Crippen LogP contribution in [0.5, 0.6) is 0 Å². The van der Waals surface area contributed by atoms with Gasteiger partial charge in [0.05, 0.1) is 28.3 Å². The second-order valence-corrected chi connectivity index (χ2v) is 9.41. The second kappa shape index (κ2) is 6.87. The van der Waals surface area contributed by atoms with Gasteiger partial charge in [-0.15, -0.1) is 0 Å². The summed E-state index contributed by atoms with van der Waals surface area (Å²) in [6, 6.07) is 5.71. The molecule has 4 nitrogen and oxygen atoms in total. The first kappa shape index (κ1) is 19.4. The van der Waals surface area contributed by atoms with Gasteiger partial charge in [0.25, 0.3) is 5.91 Å². The van der Waals surface area contributed by atoms with Crippen molar-refractivity contribution in [3.05, 3.63) is 29.3 Å². The van der Waals surface area contributed by atoms with Crippen molar-refractivity contribution in [1.29, 1.82) is 5.26 Å². The molecule has 0 radical (unpaired) electrons. The Morgan fingerprint density at radius 2 is 1.79 bits per heavy atom. The van der Waals surface area contributed by atoms with E-state index in [4.69, 9.17) is 0 Å². The standard InChI is InChI=1S/C20H22F3N3OS/c21-20(22,23)13-1-4-16(26-28-14-2-3-14)15(11-13)17(27)25-19-8-5-18(12-24,6-9-19)7-10-19/h1,4,11,14,26H,2-3,5-10H2,(H,25,27). The van der Waals surface area contributed by atoms with Crippen LogP contribution in [0.1, 0.15) is 67.3 Å². The van der Waals surface area contributed by atoms with Crippen molar-refractivity contribution in [2.24, 2.45) is 5.41 Å². The number of alkyl halides is 3. The predicted molar refractivity (Wildman–Crippen MR) is 102 cm³/mol. The molecule has 2 N–H and O–H groups in total. The highest BCUT2D eigenvalue weighted by molar-refractivity contribution is 8.01. The SMILES string of the molecule is N#CC12CCC(NC(=O)c3cc(C(F)(F)F)ccc3NSC3CC3)(CC1)CC2. The first-order valence-electron chi connectivity index (χ1n) is 9.61. The highest BCUT2D eigenvalue weighted by Gasteiger charge is 2.49. The first-order chi connectivity index (χ1) is 13.2. The number of carbonyl (C=O) groups excluding carboxylic acids is 1. The van der Waals surface area contributed by atoms with E-state index in [1.807, 2.05) is 0 Å². The lowest BCUT2D eigenvalue weighted by molar-refractivity contribution is -0.137. The molecule has 1 aromatic carbocycles. The molecule has 0 atom stereocenters. The number of amides is 1. The summed E-state index contributed by atoms with van der Waals surface area (Å²) in [5, 5.41) is 12.9. The Morgan fingerprint density at radius 3 is 2.32 bits per heavy atom. The molecule has 2 bridgehead atoms. The molecule has 0 heterocycles. The summed E-state index contributed by atoms with van der Waals surface area (Å²) in [4.78, 5) is 13.0. The molecule has 1 amide bonds. The summed E-state index contributed by atoms with van der Waals surface area (Å²) >= 11 is 1.45. The highest BCUT2D eigenvalue weighted by Crippen LogP contribution is 2.52. The Kier molecular flexibility index (Phi) is 4.77. The van der Waals surface area contributed by atoms with Crippen molar-refractivity contribution >= 4 is 23.5 Å². The normalized spacial score (nSPS) is 29.2. The number of hydrogen-bond acceptors (Lipinski definition) is 4. The zero-order chi connectivity index (χ0) is 20.0. The number of nitrogens with one attached hydrogen (secondary N) is 2. The fourth-order valence-corrected chi connectivity index (χ4v) is 5.02. The fraction of sp³-hybridized carbons (Fsp3) is 0.600. The zero-order valence-electron chi connectivity index (χ0n) is 15.4. The molecule has 1 aromatic rings. The summed E-state index contributed by atoms with van der Waals surface area (Å²) in [5.41, 5.74) is -1.08. The van der Waals surface area contributed by atoms with Crippen LogP contribution in [0.3, 0.4) is 0 Å². The quantitative estimate of drug-likeness (QED) is 0.650. The molecular formula is C20H22F3N3OS. The average molecular weight is 409 g/mol. The van der Waals surface area contributed by atoms with Crippen molar-refractivity contribution in [2.75, 3.05) is 4.72 Å². The number of nitrogens with zero attached hydrogens (tertiary/aromatic N) is 1. The molecule has 0 spiro atoms. The average Bonchev–Trinajstić information content (AvgIpc) is 3.51. The molecule has 0 unspecified atom stereocenters. The fourth-order valence-electron chi connectivity index (χ4n) is 4.18. The van der Waals surface area contributed by atoms with E-state index >= 15 is 0 Å². The molecule has 150 valence electrons. The lowest BCUT2D eigenvalue weighted by atomic mass is 9.58. The zero-order valence-corrected chi connectivity index (χ0v) is 16.2. The maximum atomic E-state index is 13.2. The molecule has 4 aliphatic rings. The molecule has 8 heteroatoms. The molecule has 0 saturated heterocycles. The monoisotopic (exact) mass is 409 g/mol. The van der Waals surface area contributed by atoms with Gasteiger partial charge in [-0.25, -0.2) is 0 Å². The predicted octanol–water partition coefficient (Wildman–Crippen LogP) is 5.27. The van der Waals surface area contributed by atoms with Crippen molar-refractivity contribution in [3.8, 4) is 6.07 Å². The van der Waals surface area contributed by atoms with Crippen LogP contribution in [0.2, 0.25) is 0 Å². The van der Waals surface area contributed by atoms with Gasteiger partial charge >= 0.3 is 6.18 Å². The third-order valence-electron chi connectivity index (χ3n) is 6.31. The summed E-state index contributed by atoms with van der Waals surface area (Å²) in [6.07, 6.45) is 1.93. The van der Waals surface area contributed by atoms with E-state index in [0.717, 1.165) is 44.2 Å². The highest BCUT2D eigenvalue weighted by atomic mass is 32.2. The topological polar surface area (TPSA) is 64.9 Å². The third kappa shape index (κ3) is 3.82. The van der Waals surface area contributed by atoms with Crippen LogP contribution in [0.4, 0.5) is 18.9 Å². The van der Waals surface area contributed by atoms with E-state index in [1.165, 1.54) is 18.0 Å². The van der Waals surface area contributed by atoms with Gasteiger partial charge < -0.3 is 10.0 Å². The number of carbonyl (C=O) groups is 1. The van der Waals surface area contributed by atoms with E-state index < -0.39 is 23.2 Å². The van der Waals surface area contributed by atoms with Crippen molar-refractivity contribution in [2.45, 2.75) is 68.3 Å². The van der Waals surface area contributed by atoms with Gasteiger partial charge in [0.2, 0.25) is 0 Å². The van der Waals surface area contributed by atoms with Crippen LogP contribution in [-0.4, -0.2) is 16.7 Å². The van der Waals surface area contributed by atoms with Gasteiger partial charge in [-0.1, -0.05) is 0 Å². The number of anilines is 1. The Labute approximate surface area is 166 Å². The molecule has 28 heavy (non-hydrogen) atoms. The molecule has 4 aliphatic carbocycles. The third-order valence-corrected chi connectivity index (χ3v) is 7.46. The maximum absolute atomic E-state index is 13.2. The van der Waals surface area contributed by atoms with E-state index in [2.05, 4.69) is 16.1 Å². The number of rotatable bonds is 5. The Hall–Kier alpha value is -1.88. The minimum absolute atomic E-state index is 0.0278. The largest absolute Gasteiger partial charge is 0.416 e. The summed E-state index contributed by atoms with van der Waals surface area (Å²) in [6.45, 7) is 0. The summed E-state index contributed by atoms with van der Waals surface area (Å²) in [5.74, 6) is -0.476. The number of benzene rings is 1. The van der Waals surface area contributed by atoms with Gasteiger partial charge in [0.1, 0.15) is 0 Å². The summed E-state index contributed by atoms with van der Waals surface area (Å²) in [7, 11) is 0. The Balaban J connectivity index is 1.56. The van der Waals surface area contributed by atoms with Gasteiger partial charge in [-0.2, -0.15) is 18.4 Å². The number of fused-ring (bicyclic) bond motifs is 3. The lowest BCUT2D eigenvalue weighted by Gasteiger charge is -2.50. The smallest absolute Gasteiger partial charge is 0.347 e. The van der Waals surface area contributed by atoms with Crippen LogP contribution in [0, 0.1) is 16.7 Å². The van der Waals surface area contributed by atoms with Crippen LogP contribution in [-0.2, 0) is 6.18 Å². The molecule has 0 aliphatic heterocycles. The van der Waals surface area contributed by atoms with Crippen LogP contribution >= 0.6 is 11.9 Å². The Morgan fingerprint density at radius 1 is 1.14 bits per heavy atom. The first-order valence-corrected chi connectivity index (χ1v) is 10.5. The molecule has 4 fully saturated rings. The van der Waals surface area contributed by atoms with Crippen LogP contribution in [0.15, 0.2) is 18.2 Å². The number of hydrogen-bond donors (Lipinski definition) is 2. The van der Waals surface area contributed by atoms with Gasteiger partial charge in [-0.05, 0) is 81.5 Å². The Bertz CT molecular complexity index is 804. The van der Waals surface area contributed by atoms with E-state index in [9.17, 15) is 23.2 Å². The van der Waals surface area contributed by atoms with Crippen molar-refractivity contribution in [1.82, 2.24) is 5.32 Å². The van der Waals surface area contributed by atoms with Crippen molar-refractivity contribution < 1.29 is 18.0 Å². The second-order valence-electron chi connectivity index (χ2n) is 8.30. The van der Waals surface area contributed by atoms with E-state index in [1.54, 1.807) is 0 Å². The van der Waals surface area contributed by atoms with Crippen LogP contribution in [0.25, 0.3) is 0 Å². The molecule has 4 saturated carbocycles. The molecule has 5 rings (SSSR count). The van der Waals surface area contributed by atoms with E-state index in [0.29, 0.717) is 30.2 Å². The van der Waals surface area contributed by atoms with E-state index in [-0.39, 0.29) is 11.0 Å². The lowest BCUT2D eigenvalue weighted by Crippen LogP contribution is -2.56. The number of halogens is 3. The minimum atomic E-state index is -4.50. The molecule has 0 aromatic heterocycles. The van der Waals surface area contributed by atoms with Gasteiger partial charge in [0.15, 0.2) is 0 Å². The maximum Gasteiger partial charge on any atom is 0.416 e. The minimum Gasteiger partial charge on any atom is -0.347 e. The molecular weight excluding hydrogens is 387 g/mol. The van der Waals surface area contributed by atoms with Crippen molar-refractivity contribution in [3.63, 3.8) is 0 Å². The number of nitriles is 1. The summed E-state index contributed by atoms with van der Waals surface area (Å²) < 4.78 is 42.6.